The molecule has 1 fully saturated rings. The average Bonchev–Trinajstić information content (AvgIpc) is 3.47. The molecule has 0 radical (unpaired) electrons. The van der Waals surface area contributed by atoms with Gasteiger partial charge in [0.05, 0.1) is 34.7 Å². The van der Waals surface area contributed by atoms with Crippen molar-refractivity contribution in [3.8, 4) is 0 Å². The molecule has 3 aromatic heterocycles. The van der Waals surface area contributed by atoms with E-state index in [1.165, 1.54) is 28.6 Å². The minimum Gasteiger partial charge on any atom is -0.376 e. The zero-order chi connectivity index (χ0) is 22.4. The van der Waals surface area contributed by atoms with Gasteiger partial charge in [-0.15, -0.1) is 11.3 Å². The zero-order valence-electron chi connectivity index (χ0n) is 18.1. The molecule has 0 bridgehead atoms. The van der Waals surface area contributed by atoms with Gasteiger partial charge >= 0.3 is 0 Å². The van der Waals surface area contributed by atoms with E-state index in [1.807, 2.05) is 18.2 Å². The molecule has 0 saturated carbocycles. The number of nitrogens with zero attached hydrogens (tertiary/aromatic N) is 3. The molecule has 1 unspecified atom stereocenters. The monoisotopic (exact) mass is 480 g/mol. The van der Waals surface area contributed by atoms with Crippen molar-refractivity contribution >= 4 is 44.2 Å². The first-order valence-electron chi connectivity index (χ1n) is 11.4. The molecule has 1 saturated heterocycles. The Labute approximate surface area is 198 Å². The number of hydrogen-bond acceptors (Lipinski definition) is 7. The smallest absolute Gasteiger partial charge is 0.263 e. The first kappa shape index (κ1) is 21.1. The number of benzene rings is 1. The third-order valence-corrected chi connectivity index (χ3v) is 8.62. The summed E-state index contributed by atoms with van der Waals surface area (Å²) in [6.07, 6.45) is 6.31. The van der Waals surface area contributed by atoms with Crippen LogP contribution in [0.3, 0.4) is 0 Å². The number of aryl methyl sites for hydroxylation is 2. The maximum absolute atomic E-state index is 13.7. The number of hydrogen-bond donors (Lipinski definition) is 1. The Morgan fingerprint density at radius 2 is 2.03 bits per heavy atom. The summed E-state index contributed by atoms with van der Waals surface area (Å²) in [6.45, 7) is 1.25. The van der Waals surface area contributed by atoms with Crippen LogP contribution in [0.25, 0.3) is 21.1 Å². The lowest BCUT2D eigenvalue weighted by atomic mass is 9.97. The first-order valence-corrected chi connectivity index (χ1v) is 13.2. The number of nitrogens with one attached hydrogen (secondary N) is 1. The Morgan fingerprint density at radius 3 is 2.91 bits per heavy atom. The zero-order valence-corrected chi connectivity index (χ0v) is 19.8. The highest BCUT2D eigenvalue weighted by Crippen LogP contribution is 2.35. The van der Waals surface area contributed by atoms with Crippen molar-refractivity contribution < 1.29 is 4.74 Å². The van der Waals surface area contributed by atoms with E-state index in [-0.39, 0.29) is 17.2 Å². The van der Waals surface area contributed by atoms with Crippen LogP contribution in [0.5, 0.6) is 0 Å². The molecule has 0 spiro atoms. The summed E-state index contributed by atoms with van der Waals surface area (Å²) >= 11 is 3.11. The molecule has 7 nitrogen and oxygen atoms in total. The quantitative estimate of drug-likeness (QED) is 0.342. The highest BCUT2D eigenvalue weighted by atomic mass is 32.2. The summed E-state index contributed by atoms with van der Waals surface area (Å²) in [5, 5.41) is 2.04. The number of thiophene rings is 1. The third kappa shape index (κ3) is 3.92. The Bertz CT molecular complexity index is 1470. The van der Waals surface area contributed by atoms with Crippen LogP contribution >= 0.6 is 23.1 Å². The summed E-state index contributed by atoms with van der Waals surface area (Å²) in [6, 6.07) is 7.31. The Kier molecular flexibility index (Phi) is 5.55. The number of rotatable bonds is 5. The van der Waals surface area contributed by atoms with Crippen LogP contribution in [0.2, 0.25) is 0 Å². The molecule has 6 rings (SSSR count). The van der Waals surface area contributed by atoms with Crippen LogP contribution < -0.4 is 11.1 Å². The lowest BCUT2D eigenvalue weighted by molar-refractivity contribution is 0.0937. The number of H-pyrrole nitrogens is 1. The third-order valence-electron chi connectivity index (χ3n) is 6.45. The van der Waals surface area contributed by atoms with Gasteiger partial charge in [-0.1, -0.05) is 23.9 Å². The molecular weight excluding hydrogens is 456 g/mol. The van der Waals surface area contributed by atoms with Gasteiger partial charge in [0.1, 0.15) is 10.7 Å². The SMILES string of the molecule is O=c1[nH]c(CSc2nc3sc4c(c3c(=O)n2CC2CCCO2)CCCC4)nc2ccccc12. The number of ether oxygens (including phenoxy) is 1. The number of para-hydroxylation sites is 1. The molecule has 1 aliphatic heterocycles. The van der Waals surface area contributed by atoms with E-state index in [1.54, 1.807) is 22.0 Å². The molecular formula is C24H24N4O3S2. The minimum absolute atomic E-state index is 0.0364. The van der Waals surface area contributed by atoms with Crippen molar-refractivity contribution in [1.82, 2.24) is 19.5 Å². The highest BCUT2D eigenvalue weighted by molar-refractivity contribution is 7.98. The van der Waals surface area contributed by atoms with Gasteiger partial charge in [-0.3, -0.25) is 14.2 Å². The molecule has 1 aromatic carbocycles. The number of aromatic amines is 1. The van der Waals surface area contributed by atoms with Crippen molar-refractivity contribution in [1.29, 1.82) is 0 Å². The van der Waals surface area contributed by atoms with E-state index in [9.17, 15) is 9.59 Å². The fourth-order valence-electron chi connectivity index (χ4n) is 4.82. The van der Waals surface area contributed by atoms with Crippen molar-refractivity contribution in [3.05, 3.63) is 61.2 Å². The summed E-state index contributed by atoms with van der Waals surface area (Å²) in [5.41, 5.74) is 1.76. The van der Waals surface area contributed by atoms with Gasteiger partial charge in [0.25, 0.3) is 11.1 Å². The van der Waals surface area contributed by atoms with E-state index in [2.05, 4.69) is 9.97 Å². The fraction of sp³-hybridized carbons (Fsp3) is 0.417. The van der Waals surface area contributed by atoms with E-state index in [0.29, 0.717) is 34.2 Å². The van der Waals surface area contributed by atoms with Crippen LogP contribution in [-0.2, 0) is 29.9 Å². The van der Waals surface area contributed by atoms with Gasteiger partial charge in [-0.25, -0.2) is 9.97 Å². The second kappa shape index (κ2) is 8.70. The maximum Gasteiger partial charge on any atom is 0.263 e. The second-order valence-electron chi connectivity index (χ2n) is 8.65. The predicted octanol–water partition coefficient (Wildman–Crippen LogP) is 4.04. The Hall–Kier alpha value is -2.49. The van der Waals surface area contributed by atoms with E-state index in [4.69, 9.17) is 9.72 Å². The van der Waals surface area contributed by atoms with E-state index >= 15 is 0 Å². The molecule has 2 aliphatic rings. The summed E-state index contributed by atoms with van der Waals surface area (Å²) in [4.78, 5) is 40.7. The van der Waals surface area contributed by atoms with Gasteiger partial charge in [0.2, 0.25) is 0 Å². The van der Waals surface area contributed by atoms with E-state index < -0.39 is 0 Å². The van der Waals surface area contributed by atoms with Gasteiger partial charge in [-0.2, -0.15) is 0 Å². The lowest BCUT2D eigenvalue weighted by Gasteiger charge is -2.16. The van der Waals surface area contributed by atoms with Crippen LogP contribution in [-0.4, -0.2) is 32.2 Å². The number of aromatic nitrogens is 4. The topological polar surface area (TPSA) is 89.9 Å². The molecule has 1 atom stereocenters. The van der Waals surface area contributed by atoms with Crippen molar-refractivity contribution in [2.45, 2.75) is 62.1 Å². The van der Waals surface area contributed by atoms with Gasteiger partial charge in [0.15, 0.2) is 5.16 Å². The fourth-order valence-corrected chi connectivity index (χ4v) is 7.00. The number of thioether (sulfide) groups is 1. The molecule has 33 heavy (non-hydrogen) atoms. The lowest BCUT2D eigenvalue weighted by Crippen LogP contribution is -2.29. The summed E-state index contributed by atoms with van der Waals surface area (Å²) in [7, 11) is 0. The van der Waals surface area contributed by atoms with Crippen LogP contribution in [0, 0.1) is 0 Å². The second-order valence-corrected chi connectivity index (χ2v) is 10.7. The van der Waals surface area contributed by atoms with E-state index in [0.717, 1.165) is 48.9 Å². The molecule has 9 heteroatoms. The normalized spacial score (nSPS) is 18.2. The number of fused-ring (bicyclic) bond motifs is 4. The molecule has 1 aliphatic carbocycles. The first-order chi connectivity index (χ1) is 16.2. The molecule has 4 aromatic rings. The minimum atomic E-state index is -0.151. The van der Waals surface area contributed by atoms with Crippen molar-refractivity contribution in [3.63, 3.8) is 0 Å². The average molecular weight is 481 g/mol. The summed E-state index contributed by atoms with van der Waals surface area (Å²) in [5.74, 6) is 1.00. The van der Waals surface area contributed by atoms with Crippen molar-refractivity contribution in [2.75, 3.05) is 6.61 Å². The Balaban J connectivity index is 1.40. The maximum atomic E-state index is 13.7. The Morgan fingerprint density at radius 1 is 1.15 bits per heavy atom. The predicted molar refractivity (Wildman–Crippen MR) is 131 cm³/mol. The van der Waals surface area contributed by atoms with Crippen molar-refractivity contribution in [2.24, 2.45) is 0 Å². The highest BCUT2D eigenvalue weighted by Gasteiger charge is 2.25. The largest absolute Gasteiger partial charge is 0.376 e. The summed E-state index contributed by atoms with van der Waals surface area (Å²) < 4.78 is 7.64. The molecule has 4 heterocycles. The molecule has 170 valence electrons. The van der Waals surface area contributed by atoms with Crippen LogP contribution in [0.1, 0.15) is 41.9 Å². The van der Waals surface area contributed by atoms with Crippen LogP contribution in [0.15, 0.2) is 39.0 Å². The molecule has 0 amide bonds. The van der Waals surface area contributed by atoms with Gasteiger partial charge in [0, 0.05) is 11.5 Å². The van der Waals surface area contributed by atoms with Crippen LogP contribution in [0.4, 0.5) is 0 Å². The standard InChI is InChI=1S/C24H24N4O3S2/c29-21-15-7-1-3-9-17(15)25-19(26-21)13-32-24-27-22-20(16-8-2-4-10-18(16)33-22)23(30)28(24)12-14-6-5-11-31-14/h1,3,7,9,14H,2,4-6,8,10-13H2,(H,25,26,29). The van der Waals surface area contributed by atoms with Gasteiger partial charge < -0.3 is 9.72 Å². The van der Waals surface area contributed by atoms with Gasteiger partial charge in [-0.05, 0) is 56.2 Å². The molecule has 1 N–H and O–H groups in total.